The molecule has 1 aliphatic heterocycles. The fourth-order valence-electron chi connectivity index (χ4n) is 1.56. The molecule has 0 fully saturated rings. The summed E-state index contributed by atoms with van der Waals surface area (Å²) in [5.41, 5.74) is 0. The van der Waals surface area contributed by atoms with Gasteiger partial charge in [-0.2, -0.15) is 0 Å². The molecule has 9 heteroatoms. The molecule has 1 rings (SSSR count). The standard InChI is InChI=1S/C11H16N2O6S/c1-7(10(15)13-11(16)12-2)19-9(14)5-8-3-4-20(17,18)6-8/h3-4,7-8H,5-6H2,1-2H3,(H2,12,13,15,16). The van der Waals surface area contributed by atoms with Crippen molar-refractivity contribution >= 4 is 27.7 Å². The molecule has 0 saturated carbocycles. The predicted octanol–water partition coefficient (Wildman–Crippen LogP) is -0.678. The summed E-state index contributed by atoms with van der Waals surface area (Å²) < 4.78 is 27.1. The summed E-state index contributed by atoms with van der Waals surface area (Å²) in [6, 6.07) is -0.706. The maximum atomic E-state index is 11.5. The van der Waals surface area contributed by atoms with Crippen molar-refractivity contribution in [2.45, 2.75) is 19.4 Å². The van der Waals surface area contributed by atoms with Crippen LogP contribution in [0.5, 0.6) is 0 Å². The zero-order valence-corrected chi connectivity index (χ0v) is 11.9. The van der Waals surface area contributed by atoms with Crippen LogP contribution in [0.1, 0.15) is 13.3 Å². The molecule has 0 bridgehead atoms. The third-order valence-electron chi connectivity index (χ3n) is 2.57. The number of hydrogen-bond acceptors (Lipinski definition) is 6. The maximum absolute atomic E-state index is 11.5. The summed E-state index contributed by atoms with van der Waals surface area (Å²) >= 11 is 0. The van der Waals surface area contributed by atoms with Gasteiger partial charge in [-0.05, 0) is 6.92 Å². The van der Waals surface area contributed by atoms with Gasteiger partial charge in [-0.15, -0.1) is 0 Å². The Labute approximate surface area is 116 Å². The van der Waals surface area contributed by atoms with E-state index in [2.05, 4.69) is 5.32 Å². The van der Waals surface area contributed by atoms with Crippen molar-refractivity contribution in [2.24, 2.45) is 5.92 Å². The average molecular weight is 304 g/mol. The lowest BCUT2D eigenvalue weighted by atomic mass is 10.1. The highest BCUT2D eigenvalue weighted by Crippen LogP contribution is 2.18. The molecule has 0 aromatic heterocycles. The van der Waals surface area contributed by atoms with Crippen LogP contribution in [0.3, 0.4) is 0 Å². The van der Waals surface area contributed by atoms with Crippen LogP contribution in [-0.4, -0.2) is 45.2 Å². The molecule has 1 heterocycles. The topological polar surface area (TPSA) is 119 Å². The zero-order chi connectivity index (χ0) is 15.3. The smallest absolute Gasteiger partial charge is 0.321 e. The van der Waals surface area contributed by atoms with Crippen molar-refractivity contribution < 1.29 is 27.5 Å². The van der Waals surface area contributed by atoms with E-state index < -0.39 is 39.8 Å². The number of ether oxygens (including phenoxy) is 1. The molecule has 0 aromatic carbocycles. The third kappa shape index (κ3) is 5.00. The molecule has 2 unspecified atom stereocenters. The third-order valence-corrected chi connectivity index (χ3v) is 4.04. The monoisotopic (exact) mass is 304 g/mol. The maximum Gasteiger partial charge on any atom is 0.321 e. The number of rotatable bonds is 4. The van der Waals surface area contributed by atoms with Gasteiger partial charge in [0.2, 0.25) is 0 Å². The van der Waals surface area contributed by atoms with Gasteiger partial charge in [0.15, 0.2) is 15.9 Å². The van der Waals surface area contributed by atoms with Crippen LogP contribution in [0, 0.1) is 5.92 Å². The van der Waals surface area contributed by atoms with E-state index in [-0.39, 0.29) is 12.2 Å². The number of amides is 3. The number of carbonyl (C=O) groups is 3. The molecule has 112 valence electrons. The average Bonchev–Trinajstić information content (AvgIpc) is 2.67. The number of hydrogen-bond donors (Lipinski definition) is 2. The van der Waals surface area contributed by atoms with Gasteiger partial charge in [0.1, 0.15) is 0 Å². The molecule has 0 radical (unpaired) electrons. The van der Waals surface area contributed by atoms with Gasteiger partial charge < -0.3 is 10.1 Å². The molecule has 0 saturated heterocycles. The SMILES string of the molecule is CNC(=O)NC(=O)C(C)OC(=O)CC1C=CS(=O)(=O)C1. The van der Waals surface area contributed by atoms with Gasteiger partial charge in [-0.3, -0.25) is 14.9 Å². The minimum atomic E-state index is -3.23. The van der Waals surface area contributed by atoms with Crippen molar-refractivity contribution in [1.29, 1.82) is 0 Å². The van der Waals surface area contributed by atoms with E-state index in [9.17, 15) is 22.8 Å². The molecule has 2 atom stereocenters. The van der Waals surface area contributed by atoms with E-state index in [1.807, 2.05) is 5.32 Å². The summed E-state index contributed by atoms with van der Waals surface area (Å²) in [6.07, 6.45) is 0.154. The number of imide groups is 1. The lowest BCUT2D eigenvalue weighted by molar-refractivity contribution is -0.154. The summed E-state index contributed by atoms with van der Waals surface area (Å²) in [5, 5.41) is 5.21. The minimum Gasteiger partial charge on any atom is -0.453 e. The molecule has 3 amide bonds. The van der Waals surface area contributed by atoms with Gasteiger partial charge >= 0.3 is 12.0 Å². The normalized spacial score (nSPS) is 21.0. The minimum absolute atomic E-state index is 0.132. The van der Waals surface area contributed by atoms with Crippen molar-refractivity contribution in [2.75, 3.05) is 12.8 Å². The Hall–Kier alpha value is -1.90. The summed E-state index contributed by atoms with van der Waals surface area (Å²) in [4.78, 5) is 33.9. The van der Waals surface area contributed by atoms with Crippen LogP contribution in [0.4, 0.5) is 4.79 Å². The Morgan fingerprint density at radius 2 is 2.05 bits per heavy atom. The zero-order valence-electron chi connectivity index (χ0n) is 11.1. The van der Waals surface area contributed by atoms with Crippen LogP contribution in [0.2, 0.25) is 0 Å². The number of esters is 1. The Morgan fingerprint density at radius 1 is 1.40 bits per heavy atom. The molecular weight excluding hydrogens is 288 g/mol. The number of urea groups is 1. The lowest BCUT2D eigenvalue weighted by Gasteiger charge is -2.13. The molecular formula is C11H16N2O6S. The molecule has 8 nitrogen and oxygen atoms in total. The van der Waals surface area contributed by atoms with Gasteiger partial charge in [-0.25, -0.2) is 13.2 Å². The first kappa shape index (κ1) is 16.2. The summed E-state index contributed by atoms with van der Waals surface area (Å²) in [7, 11) is -1.89. The molecule has 0 aromatic rings. The van der Waals surface area contributed by atoms with E-state index >= 15 is 0 Å². The van der Waals surface area contributed by atoms with Gasteiger partial charge in [0, 0.05) is 18.4 Å². The number of sulfone groups is 1. The number of carbonyl (C=O) groups excluding carboxylic acids is 3. The van der Waals surface area contributed by atoms with Gasteiger partial charge in [-0.1, -0.05) is 6.08 Å². The first-order valence-electron chi connectivity index (χ1n) is 5.86. The van der Waals surface area contributed by atoms with E-state index in [4.69, 9.17) is 4.74 Å². The van der Waals surface area contributed by atoms with E-state index in [1.165, 1.54) is 20.0 Å². The van der Waals surface area contributed by atoms with Crippen molar-refractivity contribution in [3.8, 4) is 0 Å². The van der Waals surface area contributed by atoms with Crippen molar-refractivity contribution in [1.82, 2.24) is 10.6 Å². The van der Waals surface area contributed by atoms with E-state index in [0.29, 0.717) is 0 Å². The first-order chi connectivity index (χ1) is 9.23. The highest BCUT2D eigenvalue weighted by atomic mass is 32.2. The second-order valence-electron chi connectivity index (χ2n) is 4.32. The van der Waals surface area contributed by atoms with E-state index in [1.54, 1.807) is 0 Å². The van der Waals surface area contributed by atoms with Gasteiger partial charge in [0.25, 0.3) is 5.91 Å². The highest BCUT2D eigenvalue weighted by Gasteiger charge is 2.26. The predicted molar refractivity (Wildman–Crippen MR) is 69.2 cm³/mol. The molecule has 1 aliphatic rings. The fourth-order valence-corrected chi connectivity index (χ4v) is 2.95. The molecule has 0 spiro atoms. The number of nitrogens with one attached hydrogen (secondary N) is 2. The second-order valence-corrected chi connectivity index (χ2v) is 6.25. The van der Waals surface area contributed by atoms with Crippen molar-refractivity contribution in [3.63, 3.8) is 0 Å². The number of allylic oxidation sites excluding steroid dienone is 1. The molecule has 2 N–H and O–H groups in total. The van der Waals surface area contributed by atoms with Crippen LogP contribution in [0.15, 0.2) is 11.5 Å². The van der Waals surface area contributed by atoms with Crippen LogP contribution in [-0.2, 0) is 24.2 Å². The Morgan fingerprint density at radius 3 is 2.55 bits per heavy atom. The Balaban J connectivity index is 2.41. The van der Waals surface area contributed by atoms with Gasteiger partial charge in [0.05, 0.1) is 12.2 Å². The Bertz CT molecular complexity index is 539. The fraction of sp³-hybridized carbons (Fsp3) is 0.545. The van der Waals surface area contributed by atoms with E-state index in [0.717, 1.165) is 5.41 Å². The summed E-state index contributed by atoms with van der Waals surface area (Å²) in [5.74, 6) is -2.04. The highest BCUT2D eigenvalue weighted by molar-refractivity contribution is 7.94. The van der Waals surface area contributed by atoms with Crippen LogP contribution < -0.4 is 10.6 Å². The molecule has 20 heavy (non-hydrogen) atoms. The van der Waals surface area contributed by atoms with Crippen molar-refractivity contribution in [3.05, 3.63) is 11.5 Å². The largest absolute Gasteiger partial charge is 0.453 e. The second kappa shape index (κ2) is 6.51. The summed E-state index contributed by atoms with van der Waals surface area (Å²) in [6.45, 7) is 1.32. The molecule has 0 aliphatic carbocycles. The van der Waals surface area contributed by atoms with Crippen LogP contribution >= 0.6 is 0 Å². The quantitative estimate of drug-likeness (QED) is 0.664. The van der Waals surface area contributed by atoms with Crippen LogP contribution in [0.25, 0.3) is 0 Å². The lowest BCUT2D eigenvalue weighted by Crippen LogP contribution is -2.43. The first-order valence-corrected chi connectivity index (χ1v) is 7.58. The Kier molecular flexibility index (Phi) is 5.26.